The molecule has 0 amide bonds. The van der Waals surface area contributed by atoms with Crippen molar-refractivity contribution in [3.63, 3.8) is 0 Å². The zero-order valence-corrected chi connectivity index (χ0v) is 12.3. The van der Waals surface area contributed by atoms with E-state index in [9.17, 15) is 4.79 Å². The normalized spacial score (nSPS) is 12.2. The lowest BCUT2D eigenvalue weighted by Gasteiger charge is -2.13. The van der Waals surface area contributed by atoms with Crippen LogP contribution in [0.15, 0.2) is 35.6 Å². The van der Waals surface area contributed by atoms with E-state index in [1.807, 2.05) is 18.4 Å². The number of hydrogen-bond acceptors (Lipinski definition) is 4. The summed E-state index contributed by atoms with van der Waals surface area (Å²) in [6.07, 6.45) is 4.23. The average Bonchev–Trinajstić information content (AvgIpc) is 2.43. The van der Waals surface area contributed by atoms with Crippen molar-refractivity contribution in [2.24, 2.45) is 0 Å². The van der Waals surface area contributed by atoms with Gasteiger partial charge in [-0.05, 0) is 17.9 Å². The number of thioether (sulfide) groups is 1. The molecule has 1 unspecified atom stereocenters. The summed E-state index contributed by atoms with van der Waals surface area (Å²) in [4.78, 5) is 19.7. The fraction of sp³-hybridized carbons (Fsp3) is 0.154. The molecule has 98 valence electrons. The van der Waals surface area contributed by atoms with Gasteiger partial charge in [-0.15, -0.1) is 0 Å². The summed E-state index contributed by atoms with van der Waals surface area (Å²) in [5.41, 5.74) is 1.25. The standard InChI is InChI=1S/C13H10Cl2N2OS/c1-19-13-16-6-9(12(15)17-13)10(7-18)8-4-2-3-5-11(8)14/h2-7,10H,1H3. The first-order valence-corrected chi connectivity index (χ1v) is 7.41. The van der Waals surface area contributed by atoms with Crippen LogP contribution >= 0.6 is 35.0 Å². The Labute approximate surface area is 125 Å². The highest BCUT2D eigenvalue weighted by Gasteiger charge is 2.20. The molecule has 2 rings (SSSR count). The van der Waals surface area contributed by atoms with Crippen LogP contribution in [-0.2, 0) is 4.79 Å². The van der Waals surface area contributed by atoms with Gasteiger partial charge in [0.25, 0.3) is 0 Å². The van der Waals surface area contributed by atoms with Crippen molar-refractivity contribution < 1.29 is 4.79 Å². The molecule has 0 radical (unpaired) electrons. The lowest BCUT2D eigenvalue weighted by Crippen LogP contribution is -2.06. The fourth-order valence-electron chi connectivity index (χ4n) is 1.70. The Hall–Kier alpha value is -1.10. The van der Waals surface area contributed by atoms with E-state index in [1.54, 1.807) is 18.3 Å². The zero-order chi connectivity index (χ0) is 13.8. The highest BCUT2D eigenvalue weighted by atomic mass is 35.5. The first-order valence-electron chi connectivity index (χ1n) is 5.43. The minimum atomic E-state index is -0.558. The summed E-state index contributed by atoms with van der Waals surface area (Å²) in [7, 11) is 0. The van der Waals surface area contributed by atoms with Crippen molar-refractivity contribution in [3.8, 4) is 0 Å². The molecular weight excluding hydrogens is 303 g/mol. The summed E-state index contributed by atoms with van der Waals surface area (Å²) < 4.78 is 0. The van der Waals surface area contributed by atoms with Gasteiger partial charge < -0.3 is 4.79 Å². The van der Waals surface area contributed by atoms with Crippen LogP contribution in [0.2, 0.25) is 10.2 Å². The van der Waals surface area contributed by atoms with Gasteiger partial charge in [-0.1, -0.05) is 53.2 Å². The number of aldehydes is 1. The summed E-state index contributed by atoms with van der Waals surface area (Å²) in [6, 6.07) is 7.16. The SMILES string of the molecule is CSc1ncc(C(C=O)c2ccccc2Cl)c(Cl)n1. The van der Waals surface area contributed by atoms with Gasteiger partial charge in [0.1, 0.15) is 11.4 Å². The van der Waals surface area contributed by atoms with Crippen molar-refractivity contribution in [2.45, 2.75) is 11.1 Å². The van der Waals surface area contributed by atoms with Gasteiger partial charge in [-0.2, -0.15) is 0 Å². The molecule has 1 atom stereocenters. The number of aromatic nitrogens is 2. The van der Waals surface area contributed by atoms with Crippen LogP contribution in [0.4, 0.5) is 0 Å². The summed E-state index contributed by atoms with van der Waals surface area (Å²) >= 11 is 13.6. The molecule has 0 saturated carbocycles. The minimum absolute atomic E-state index is 0.274. The molecule has 0 aliphatic heterocycles. The van der Waals surface area contributed by atoms with Gasteiger partial charge in [-0.3, -0.25) is 0 Å². The van der Waals surface area contributed by atoms with E-state index >= 15 is 0 Å². The molecule has 2 aromatic rings. The molecule has 1 aromatic carbocycles. The van der Waals surface area contributed by atoms with Crippen LogP contribution in [0, 0.1) is 0 Å². The maximum Gasteiger partial charge on any atom is 0.188 e. The summed E-state index contributed by atoms with van der Waals surface area (Å²) in [5.74, 6) is -0.558. The van der Waals surface area contributed by atoms with Crippen molar-refractivity contribution in [3.05, 3.63) is 51.8 Å². The van der Waals surface area contributed by atoms with Crippen LogP contribution in [0.25, 0.3) is 0 Å². The van der Waals surface area contributed by atoms with E-state index < -0.39 is 5.92 Å². The highest BCUT2D eigenvalue weighted by molar-refractivity contribution is 7.98. The van der Waals surface area contributed by atoms with Crippen LogP contribution in [-0.4, -0.2) is 22.5 Å². The lowest BCUT2D eigenvalue weighted by atomic mass is 9.95. The van der Waals surface area contributed by atoms with E-state index in [2.05, 4.69) is 9.97 Å². The molecule has 0 bridgehead atoms. The maximum absolute atomic E-state index is 11.4. The number of rotatable bonds is 4. The number of carbonyl (C=O) groups is 1. The molecule has 6 heteroatoms. The van der Waals surface area contributed by atoms with Crippen LogP contribution in [0.5, 0.6) is 0 Å². The molecule has 0 aliphatic rings. The van der Waals surface area contributed by atoms with Gasteiger partial charge in [0, 0.05) is 16.8 Å². The molecule has 0 spiro atoms. The third-order valence-electron chi connectivity index (χ3n) is 2.64. The van der Waals surface area contributed by atoms with Gasteiger partial charge >= 0.3 is 0 Å². The molecular formula is C13H10Cl2N2OS. The summed E-state index contributed by atoms with van der Waals surface area (Å²) in [6.45, 7) is 0. The van der Waals surface area contributed by atoms with E-state index in [4.69, 9.17) is 23.2 Å². The molecule has 1 heterocycles. The molecule has 0 N–H and O–H groups in total. The van der Waals surface area contributed by atoms with Crippen molar-refractivity contribution >= 4 is 41.2 Å². The summed E-state index contributed by atoms with van der Waals surface area (Å²) in [5, 5.41) is 1.36. The Bertz CT molecular complexity index is 607. The zero-order valence-electron chi connectivity index (χ0n) is 10.0. The van der Waals surface area contributed by atoms with E-state index in [0.29, 0.717) is 21.3 Å². The van der Waals surface area contributed by atoms with Crippen LogP contribution in [0.3, 0.4) is 0 Å². The first-order chi connectivity index (χ1) is 9.17. The Kier molecular flexibility index (Phi) is 4.80. The maximum atomic E-state index is 11.4. The largest absolute Gasteiger partial charge is 0.302 e. The molecule has 0 fully saturated rings. The fourth-order valence-corrected chi connectivity index (χ4v) is 2.59. The molecule has 19 heavy (non-hydrogen) atoms. The van der Waals surface area contributed by atoms with Crippen molar-refractivity contribution in [2.75, 3.05) is 6.26 Å². The Morgan fingerprint density at radius 2 is 2.00 bits per heavy atom. The molecule has 1 aromatic heterocycles. The van der Waals surface area contributed by atoms with Crippen molar-refractivity contribution in [1.29, 1.82) is 0 Å². The molecule has 3 nitrogen and oxygen atoms in total. The Morgan fingerprint density at radius 3 is 2.58 bits per heavy atom. The molecule has 0 aliphatic carbocycles. The predicted octanol–water partition coefficient (Wildman–Crippen LogP) is 3.84. The third kappa shape index (κ3) is 3.08. The van der Waals surface area contributed by atoms with Crippen LogP contribution in [0.1, 0.15) is 17.0 Å². The smallest absolute Gasteiger partial charge is 0.188 e. The van der Waals surface area contributed by atoms with Gasteiger partial charge in [0.2, 0.25) is 0 Å². The van der Waals surface area contributed by atoms with Crippen LogP contribution < -0.4 is 0 Å². The topological polar surface area (TPSA) is 42.9 Å². The van der Waals surface area contributed by atoms with Gasteiger partial charge in [-0.25, -0.2) is 9.97 Å². The highest BCUT2D eigenvalue weighted by Crippen LogP contribution is 2.32. The Morgan fingerprint density at radius 1 is 1.26 bits per heavy atom. The number of halogens is 2. The number of hydrogen-bond donors (Lipinski definition) is 0. The quantitative estimate of drug-likeness (QED) is 0.372. The second kappa shape index (κ2) is 6.37. The predicted molar refractivity (Wildman–Crippen MR) is 78.2 cm³/mol. The van der Waals surface area contributed by atoms with E-state index in [-0.39, 0.29) is 5.15 Å². The van der Waals surface area contributed by atoms with Gasteiger partial charge in [0.05, 0.1) is 5.92 Å². The Balaban J connectivity index is 2.49. The van der Waals surface area contributed by atoms with E-state index in [1.165, 1.54) is 11.8 Å². The second-order valence-electron chi connectivity index (χ2n) is 3.74. The lowest BCUT2D eigenvalue weighted by molar-refractivity contribution is -0.108. The second-order valence-corrected chi connectivity index (χ2v) is 5.28. The number of carbonyl (C=O) groups excluding carboxylic acids is 1. The number of benzene rings is 1. The van der Waals surface area contributed by atoms with Crippen molar-refractivity contribution in [1.82, 2.24) is 9.97 Å². The number of nitrogens with zero attached hydrogens (tertiary/aromatic N) is 2. The van der Waals surface area contributed by atoms with E-state index in [0.717, 1.165) is 6.29 Å². The monoisotopic (exact) mass is 312 g/mol. The average molecular weight is 313 g/mol. The van der Waals surface area contributed by atoms with Gasteiger partial charge in [0.15, 0.2) is 5.16 Å². The first kappa shape index (κ1) is 14.3. The minimum Gasteiger partial charge on any atom is -0.302 e. The third-order valence-corrected chi connectivity index (χ3v) is 3.85. The molecule has 0 saturated heterocycles.